The number of nitrogens with zero attached hydrogens (tertiary/aromatic N) is 3. The standard InChI is InChI=1S/C40H46FN5O4S/c1-3-38(47)43-32-10-6-11-35(23-32)51(49,50)34-16-14-33(15-17-34)46-25-28(26-46)24-45-20-18-29(19-21-45)40(27-42,30-8-5-9-31(41)22-30)36-12-7-13-37(36)44-39(48)4-2/h3,5-6,8-11,14-17,22-23,28-29,36-37H,1,4,7,12-13,18-21,24-26H2,2H3,(H,43,47)(H,44,48)/t36-,37-,40?/m0/s1. The zero-order valence-electron chi connectivity index (χ0n) is 29.1. The Bertz CT molecular complexity index is 1900. The van der Waals surface area contributed by atoms with E-state index in [4.69, 9.17) is 0 Å². The van der Waals surface area contributed by atoms with Gasteiger partial charge in [-0.25, -0.2) is 12.8 Å². The first-order valence-corrected chi connectivity index (χ1v) is 19.4. The number of rotatable bonds is 12. The minimum absolute atomic E-state index is 0.0125. The summed E-state index contributed by atoms with van der Waals surface area (Å²) in [4.78, 5) is 29.1. The summed E-state index contributed by atoms with van der Waals surface area (Å²) >= 11 is 0. The van der Waals surface area contributed by atoms with Crippen LogP contribution in [0.3, 0.4) is 0 Å². The summed E-state index contributed by atoms with van der Waals surface area (Å²) in [6, 6.07) is 22.3. The van der Waals surface area contributed by atoms with Crippen molar-refractivity contribution >= 4 is 33.0 Å². The topological polar surface area (TPSA) is 123 Å². The molecule has 268 valence electrons. The van der Waals surface area contributed by atoms with Crippen LogP contribution in [0.15, 0.2) is 95.2 Å². The van der Waals surface area contributed by atoms with Crippen molar-refractivity contribution in [2.75, 3.05) is 42.9 Å². The molecule has 0 radical (unpaired) electrons. The highest BCUT2D eigenvalue weighted by Crippen LogP contribution is 2.50. The fourth-order valence-corrected chi connectivity index (χ4v) is 9.77. The zero-order valence-corrected chi connectivity index (χ0v) is 29.9. The molecule has 0 spiro atoms. The molecule has 1 saturated carbocycles. The Morgan fingerprint density at radius 1 is 1.00 bits per heavy atom. The second-order valence-electron chi connectivity index (χ2n) is 14.1. The summed E-state index contributed by atoms with van der Waals surface area (Å²) in [5, 5.41) is 16.7. The van der Waals surface area contributed by atoms with Crippen molar-refractivity contribution in [3.8, 4) is 6.07 Å². The van der Waals surface area contributed by atoms with Crippen molar-refractivity contribution in [2.45, 2.75) is 66.7 Å². The Hall–Kier alpha value is -4.53. The number of piperidine rings is 1. The van der Waals surface area contributed by atoms with Crippen LogP contribution in [0.5, 0.6) is 0 Å². The molecule has 51 heavy (non-hydrogen) atoms. The number of likely N-dealkylation sites (tertiary alicyclic amines) is 1. The maximum absolute atomic E-state index is 14.6. The molecule has 2 N–H and O–H groups in total. The molecule has 2 saturated heterocycles. The molecule has 2 heterocycles. The summed E-state index contributed by atoms with van der Waals surface area (Å²) in [5.41, 5.74) is 1.19. The third-order valence-corrected chi connectivity index (χ3v) is 12.8. The number of hydrogen-bond acceptors (Lipinski definition) is 7. The van der Waals surface area contributed by atoms with Gasteiger partial charge in [-0.15, -0.1) is 0 Å². The number of nitriles is 1. The van der Waals surface area contributed by atoms with E-state index in [0.717, 1.165) is 82.2 Å². The van der Waals surface area contributed by atoms with Crippen LogP contribution < -0.4 is 15.5 Å². The van der Waals surface area contributed by atoms with Crippen LogP contribution in [0.2, 0.25) is 0 Å². The van der Waals surface area contributed by atoms with Gasteiger partial charge in [-0.1, -0.05) is 38.1 Å². The van der Waals surface area contributed by atoms with Crippen molar-refractivity contribution in [1.29, 1.82) is 5.26 Å². The molecule has 3 aromatic rings. The van der Waals surface area contributed by atoms with E-state index >= 15 is 0 Å². The van der Waals surface area contributed by atoms with Crippen molar-refractivity contribution in [2.24, 2.45) is 17.8 Å². The Balaban J connectivity index is 1.06. The molecule has 3 aliphatic rings. The molecule has 3 aromatic carbocycles. The number of sulfone groups is 1. The number of hydrogen-bond donors (Lipinski definition) is 2. The van der Waals surface area contributed by atoms with E-state index in [1.165, 1.54) is 24.3 Å². The lowest BCUT2D eigenvalue weighted by Crippen LogP contribution is -2.55. The van der Waals surface area contributed by atoms with Gasteiger partial charge >= 0.3 is 0 Å². The Kier molecular flexibility index (Phi) is 10.9. The maximum Gasteiger partial charge on any atom is 0.247 e. The van der Waals surface area contributed by atoms with E-state index < -0.39 is 21.2 Å². The molecule has 2 aliphatic heterocycles. The van der Waals surface area contributed by atoms with Crippen LogP contribution >= 0.6 is 0 Å². The number of halogens is 1. The van der Waals surface area contributed by atoms with Crippen LogP contribution in [-0.2, 0) is 24.8 Å². The zero-order chi connectivity index (χ0) is 36.2. The van der Waals surface area contributed by atoms with Gasteiger partial charge in [0.2, 0.25) is 21.7 Å². The third-order valence-electron chi connectivity index (χ3n) is 11.1. The lowest BCUT2D eigenvalue weighted by molar-refractivity contribution is -0.122. The number of carbonyl (C=O) groups is 2. The molecule has 1 aliphatic carbocycles. The monoisotopic (exact) mass is 711 g/mol. The number of amides is 2. The van der Waals surface area contributed by atoms with Crippen molar-refractivity contribution in [3.63, 3.8) is 0 Å². The number of nitrogens with one attached hydrogen (secondary N) is 2. The Labute approximate surface area is 300 Å². The van der Waals surface area contributed by atoms with Gasteiger partial charge in [-0.05, 0) is 111 Å². The second kappa shape index (κ2) is 15.4. The fourth-order valence-electron chi connectivity index (χ4n) is 8.46. The fraction of sp³-hybridized carbons (Fsp3) is 0.425. The van der Waals surface area contributed by atoms with E-state index in [2.05, 4.69) is 33.1 Å². The van der Waals surface area contributed by atoms with Crippen molar-refractivity contribution in [1.82, 2.24) is 10.2 Å². The average Bonchev–Trinajstić information content (AvgIpc) is 3.59. The van der Waals surface area contributed by atoms with E-state index in [1.807, 2.05) is 25.1 Å². The van der Waals surface area contributed by atoms with Gasteiger partial charge in [-0.3, -0.25) is 9.59 Å². The Morgan fingerprint density at radius 2 is 1.73 bits per heavy atom. The molecule has 0 bridgehead atoms. The molecular formula is C40H46FN5O4S. The summed E-state index contributed by atoms with van der Waals surface area (Å²) in [7, 11) is -3.78. The first kappa shape index (κ1) is 36.3. The smallest absolute Gasteiger partial charge is 0.247 e. The lowest BCUT2D eigenvalue weighted by Gasteiger charge is -2.48. The van der Waals surface area contributed by atoms with Gasteiger partial charge in [0.05, 0.1) is 21.3 Å². The largest absolute Gasteiger partial charge is 0.371 e. The average molecular weight is 712 g/mol. The van der Waals surface area contributed by atoms with Gasteiger partial charge < -0.3 is 20.4 Å². The highest BCUT2D eigenvalue weighted by Gasteiger charge is 2.52. The predicted molar refractivity (Wildman–Crippen MR) is 195 cm³/mol. The normalized spacial score (nSPS) is 21.2. The summed E-state index contributed by atoms with van der Waals surface area (Å²) < 4.78 is 41.3. The first-order chi connectivity index (χ1) is 24.6. The van der Waals surface area contributed by atoms with Crippen LogP contribution in [0.4, 0.5) is 15.8 Å². The lowest BCUT2D eigenvalue weighted by atomic mass is 9.59. The first-order valence-electron chi connectivity index (χ1n) is 17.9. The number of carbonyl (C=O) groups excluding carboxylic acids is 2. The molecule has 11 heteroatoms. The van der Waals surface area contributed by atoms with Crippen LogP contribution in [0.1, 0.15) is 51.0 Å². The van der Waals surface area contributed by atoms with Crippen LogP contribution in [-0.4, -0.2) is 63.9 Å². The summed E-state index contributed by atoms with van der Waals surface area (Å²) in [6.45, 7) is 9.63. The second-order valence-corrected chi connectivity index (χ2v) is 16.1. The van der Waals surface area contributed by atoms with E-state index in [0.29, 0.717) is 18.0 Å². The van der Waals surface area contributed by atoms with E-state index in [-0.39, 0.29) is 39.4 Å². The van der Waals surface area contributed by atoms with Gasteiger partial charge in [0.25, 0.3) is 0 Å². The molecule has 9 nitrogen and oxygen atoms in total. The molecule has 0 aromatic heterocycles. The highest BCUT2D eigenvalue weighted by molar-refractivity contribution is 7.91. The van der Waals surface area contributed by atoms with Gasteiger partial charge in [0.1, 0.15) is 5.82 Å². The van der Waals surface area contributed by atoms with Crippen molar-refractivity contribution < 1.29 is 22.4 Å². The molecule has 3 fully saturated rings. The van der Waals surface area contributed by atoms with Gasteiger partial charge in [-0.2, -0.15) is 5.26 Å². The minimum atomic E-state index is -3.78. The van der Waals surface area contributed by atoms with Crippen molar-refractivity contribution in [3.05, 3.63) is 96.8 Å². The maximum atomic E-state index is 14.6. The number of benzene rings is 3. The molecular weight excluding hydrogens is 666 g/mol. The molecule has 3 atom stereocenters. The number of anilines is 2. The molecule has 6 rings (SSSR count). The quantitative estimate of drug-likeness (QED) is 0.218. The SMILES string of the molecule is C=CC(=O)Nc1cccc(S(=O)(=O)c2ccc(N3CC(CN4CCC(C(C#N)(c5cccc(F)c5)[C@H]5CCC[C@@H]5NC(=O)CC)CC4)C3)cc2)c1. The highest BCUT2D eigenvalue weighted by atomic mass is 32.2. The summed E-state index contributed by atoms with van der Waals surface area (Å²) in [5.74, 6) is -0.338. The third kappa shape index (κ3) is 7.58. The predicted octanol–water partition coefficient (Wildman–Crippen LogP) is 6.09. The van der Waals surface area contributed by atoms with Crippen LogP contribution in [0.25, 0.3) is 0 Å². The summed E-state index contributed by atoms with van der Waals surface area (Å²) in [6.07, 6.45) is 5.75. The molecule has 1 unspecified atom stereocenters. The van der Waals surface area contributed by atoms with Gasteiger partial charge in [0.15, 0.2) is 0 Å². The molecule has 2 amide bonds. The van der Waals surface area contributed by atoms with Gasteiger partial charge in [0, 0.05) is 55.3 Å². The Morgan fingerprint density at radius 3 is 2.39 bits per heavy atom. The van der Waals surface area contributed by atoms with Crippen LogP contribution in [0, 0.1) is 34.9 Å². The van der Waals surface area contributed by atoms with E-state index in [1.54, 1.807) is 30.3 Å². The minimum Gasteiger partial charge on any atom is -0.371 e. The van der Waals surface area contributed by atoms with E-state index in [9.17, 15) is 27.7 Å².